The summed E-state index contributed by atoms with van der Waals surface area (Å²) in [7, 11) is 0. The van der Waals surface area contributed by atoms with E-state index in [0.29, 0.717) is 6.54 Å². The van der Waals surface area contributed by atoms with Crippen LogP contribution in [0.5, 0.6) is 17.2 Å². The first-order chi connectivity index (χ1) is 10.2. The minimum absolute atomic E-state index is 0.637. The first kappa shape index (κ1) is 15.9. The van der Waals surface area contributed by atoms with Crippen molar-refractivity contribution in [2.45, 2.75) is 19.8 Å². The van der Waals surface area contributed by atoms with Gasteiger partial charge in [0, 0.05) is 4.47 Å². The number of halogens is 1. The Bertz CT molecular complexity index is 570. The predicted molar refractivity (Wildman–Crippen MR) is 89.2 cm³/mol. The van der Waals surface area contributed by atoms with Crippen LogP contribution >= 0.6 is 15.9 Å². The average molecular weight is 350 g/mol. The van der Waals surface area contributed by atoms with Crippen molar-refractivity contribution >= 4 is 15.9 Å². The normalized spacial score (nSPS) is 10.4. The van der Waals surface area contributed by atoms with Crippen LogP contribution in [0.25, 0.3) is 0 Å². The predicted octanol–water partition coefficient (Wildman–Crippen LogP) is 4.53. The molecule has 0 aliphatic carbocycles. The fourth-order valence-corrected chi connectivity index (χ4v) is 2.47. The van der Waals surface area contributed by atoms with Gasteiger partial charge in [-0.05, 0) is 61.3 Å². The zero-order valence-electron chi connectivity index (χ0n) is 12.1. The smallest absolute Gasteiger partial charge is 0.128 e. The molecule has 0 radical (unpaired) electrons. The monoisotopic (exact) mass is 349 g/mol. The summed E-state index contributed by atoms with van der Waals surface area (Å²) >= 11 is 3.55. The topological polar surface area (TPSA) is 44.5 Å². The minimum Gasteiger partial charge on any atom is -0.494 e. The highest BCUT2D eigenvalue weighted by Crippen LogP contribution is 2.28. The van der Waals surface area contributed by atoms with Gasteiger partial charge in [0.05, 0.1) is 6.61 Å². The Morgan fingerprint density at radius 1 is 1.00 bits per heavy atom. The summed E-state index contributed by atoms with van der Waals surface area (Å²) in [5.74, 6) is 2.45. The lowest BCUT2D eigenvalue weighted by molar-refractivity contribution is 0.317. The second-order valence-corrected chi connectivity index (χ2v) is 5.57. The highest BCUT2D eigenvalue weighted by Gasteiger charge is 2.03. The highest BCUT2D eigenvalue weighted by molar-refractivity contribution is 9.10. The third-order valence-electron chi connectivity index (χ3n) is 2.97. The van der Waals surface area contributed by atoms with E-state index in [2.05, 4.69) is 22.9 Å². The largest absolute Gasteiger partial charge is 0.494 e. The van der Waals surface area contributed by atoms with Crippen LogP contribution in [0.4, 0.5) is 0 Å². The maximum atomic E-state index is 5.83. The SMILES string of the molecule is CCCOc1ccc(Oc2ccc(CCN)c(Br)c2)cc1. The fourth-order valence-electron chi connectivity index (χ4n) is 1.91. The van der Waals surface area contributed by atoms with Gasteiger partial charge in [-0.15, -0.1) is 0 Å². The van der Waals surface area contributed by atoms with E-state index in [1.54, 1.807) is 0 Å². The van der Waals surface area contributed by atoms with Gasteiger partial charge in [-0.2, -0.15) is 0 Å². The van der Waals surface area contributed by atoms with Gasteiger partial charge in [0.25, 0.3) is 0 Å². The molecule has 0 aromatic heterocycles. The van der Waals surface area contributed by atoms with Crippen molar-refractivity contribution < 1.29 is 9.47 Å². The van der Waals surface area contributed by atoms with Gasteiger partial charge in [0.15, 0.2) is 0 Å². The third kappa shape index (κ3) is 4.76. The number of ether oxygens (including phenoxy) is 2. The first-order valence-corrected chi connectivity index (χ1v) is 7.91. The van der Waals surface area contributed by atoms with E-state index in [1.165, 1.54) is 5.56 Å². The molecule has 0 heterocycles. The molecule has 4 heteroatoms. The Kier molecular flexibility index (Phi) is 6.08. The van der Waals surface area contributed by atoms with E-state index in [9.17, 15) is 0 Å². The molecule has 0 saturated heterocycles. The lowest BCUT2D eigenvalue weighted by Crippen LogP contribution is -2.03. The van der Waals surface area contributed by atoms with Crippen LogP contribution in [0.2, 0.25) is 0 Å². The molecule has 112 valence electrons. The minimum atomic E-state index is 0.637. The van der Waals surface area contributed by atoms with E-state index in [4.69, 9.17) is 15.2 Å². The van der Waals surface area contributed by atoms with Gasteiger partial charge in [0.2, 0.25) is 0 Å². The Hall–Kier alpha value is -1.52. The van der Waals surface area contributed by atoms with Crippen molar-refractivity contribution in [1.82, 2.24) is 0 Å². The number of nitrogens with two attached hydrogens (primary N) is 1. The van der Waals surface area contributed by atoms with Gasteiger partial charge in [-0.3, -0.25) is 0 Å². The number of hydrogen-bond acceptors (Lipinski definition) is 3. The fraction of sp³-hybridized carbons (Fsp3) is 0.294. The highest BCUT2D eigenvalue weighted by atomic mass is 79.9. The zero-order valence-corrected chi connectivity index (χ0v) is 13.7. The van der Waals surface area contributed by atoms with Crippen molar-refractivity contribution in [3.63, 3.8) is 0 Å². The van der Waals surface area contributed by atoms with Crippen LogP contribution in [0, 0.1) is 0 Å². The van der Waals surface area contributed by atoms with Gasteiger partial charge in [0.1, 0.15) is 17.2 Å². The third-order valence-corrected chi connectivity index (χ3v) is 3.71. The molecule has 0 aliphatic heterocycles. The molecule has 0 aliphatic rings. The second-order valence-electron chi connectivity index (χ2n) is 4.71. The quantitative estimate of drug-likeness (QED) is 0.798. The standard InChI is InChI=1S/C17H20BrNO2/c1-2-11-20-14-5-7-15(8-6-14)21-16-4-3-13(9-10-19)17(18)12-16/h3-8,12H,2,9-11,19H2,1H3. The number of hydrogen-bond donors (Lipinski definition) is 1. The molecule has 21 heavy (non-hydrogen) atoms. The molecule has 2 N–H and O–H groups in total. The first-order valence-electron chi connectivity index (χ1n) is 7.12. The van der Waals surface area contributed by atoms with Crippen molar-refractivity contribution in [3.05, 3.63) is 52.5 Å². The molecule has 2 aromatic rings. The lowest BCUT2D eigenvalue weighted by atomic mass is 10.1. The maximum absolute atomic E-state index is 5.83. The molecule has 0 spiro atoms. The number of rotatable bonds is 7. The van der Waals surface area contributed by atoms with Crippen molar-refractivity contribution in [3.8, 4) is 17.2 Å². The molecule has 0 atom stereocenters. The number of benzene rings is 2. The van der Waals surface area contributed by atoms with Crippen LogP contribution < -0.4 is 15.2 Å². The van der Waals surface area contributed by atoms with Crippen LogP contribution in [-0.2, 0) is 6.42 Å². The van der Waals surface area contributed by atoms with Crippen molar-refractivity contribution in [2.24, 2.45) is 5.73 Å². The van der Waals surface area contributed by atoms with E-state index in [0.717, 1.165) is 41.2 Å². The van der Waals surface area contributed by atoms with E-state index in [-0.39, 0.29) is 0 Å². The Morgan fingerprint density at radius 3 is 2.29 bits per heavy atom. The summed E-state index contributed by atoms with van der Waals surface area (Å²) in [4.78, 5) is 0. The molecular weight excluding hydrogens is 330 g/mol. The van der Waals surface area contributed by atoms with Crippen LogP contribution in [0.15, 0.2) is 46.9 Å². The van der Waals surface area contributed by atoms with E-state index in [1.807, 2.05) is 42.5 Å². The summed E-state index contributed by atoms with van der Waals surface area (Å²) in [5, 5.41) is 0. The molecule has 0 fully saturated rings. The summed E-state index contributed by atoms with van der Waals surface area (Å²) < 4.78 is 12.4. The molecular formula is C17H20BrNO2. The Balaban J connectivity index is 2.02. The van der Waals surface area contributed by atoms with Crippen LogP contribution in [-0.4, -0.2) is 13.2 Å². The zero-order chi connectivity index (χ0) is 15.1. The molecule has 0 unspecified atom stereocenters. The molecule has 2 aromatic carbocycles. The molecule has 0 bridgehead atoms. The van der Waals surface area contributed by atoms with Gasteiger partial charge >= 0.3 is 0 Å². The van der Waals surface area contributed by atoms with E-state index >= 15 is 0 Å². The molecule has 0 amide bonds. The second kappa shape index (κ2) is 8.05. The van der Waals surface area contributed by atoms with Gasteiger partial charge in [-0.1, -0.05) is 28.9 Å². The lowest BCUT2D eigenvalue weighted by Gasteiger charge is -2.10. The van der Waals surface area contributed by atoms with Crippen molar-refractivity contribution in [1.29, 1.82) is 0 Å². The summed E-state index contributed by atoms with van der Waals surface area (Å²) in [6.07, 6.45) is 1.85. The molecule has 0 saturated carbocycles. The van der Waals surface area contributed by atoms with Gasteiger partial charge < -0.3 is 15.2 Å². The van der Waals surface area contributed by atoms with E-state index < -0.39 is 0 Å². The maximum Gasteiger partial charge on any atom is 0.128 e. The Labute approximate surface area is 134 Å². The molecule has 3 nitrogen and oxygen atoms in total. The van der Waals surface area contributed by atoms with Crippen LogP contribution in [0.1, 0.15) is 18.9 Å². The Morgan fingerprint density at radius 2 is 1.67 bits per heavy atom. The average Bonchev–Trinajstić information content (AvgIpc) is 2.49. The summed E-state index contributed by atoms with van der Waals surface area (Å²) in [6.45, 7) is 3.46. The van der Waals surface area contributed by atoms with Gasteiger partial charge in [-0.25, -0.2) is 0 Å². The van der Waals surface area contributed by atoms with Crippen LogP contribution in [0.3, 0.4) is 0 Å². The summed E-state index contributed by atoms with van der Waals surface area (Å²) in [6, 6.07) is 13.6. The summed E-state index contributed by atoms with van der Waals surface area (Å²) in [5.41, 5.74) is 6.76. The molecule has 2 rings (SSSR count). The van der Waals surface area contributed by atoms with Crippen molar-refractivity contribution in [2.75, 3.05) is 13.2 Å².